The van der Waals surface area contributed by atoms with E-state index in [0.29, 0.717) is 5.56 Å². The molecule has 2 aliphatic rings. The van der Waals surface area contributed by atoms with Gasteiger partial charge in [0.05, 0.1) is 7.11 Å². The summed E-state index contributed by atoms with van der Waals surface area (Å²) < 4.78 is 10.3. The number of fused-ring (bicyclic) bond motifs is 3. The number of methoxy groups -OCH3 is 1. The van der Waals surface area contributed by atoms with E-state index in [1.807, 2.05) is 48.5 Å². The molecule has 7 heteroatoms. The van der Waals surface area contributed by atoms with Crippen molar-refractivity contribution >= 4 is 17.7 Å². The Morgan fingerprint density at radius 1 is 1.19 bits per heavy atom. The first-order valence-electron chi connectivity index (χ1n) is 8.70. The molecule has 2 aromatic carbocycles. The number of nitrogens with one attached hydrogen (secondary N) is 1. The van der Waals surface area contributed by atoms with Gasteiger partial charge in [-0.25, -0.2) is 9.59 Å². The van der Waals surface area contributed by atoms with Gasteiger partial charge in [-0.05, 0) is 11.6 Å². The van der Waals surface area contributed by atoms with Crippen LogP contribution >= 0.6 is 0 Å². The van der Waals surface area contributed by atoms with Gasteiger partial charge in [0.2, 0.25) is 0 Å². The number of aliphatic hydroxyl groups is 1. The molecule has 0 unspecified atom stereocenters. The Morgan fingerprint density at radius 2 is 1.89 bits per heavy atom. The summed E-state index contributed by atoms with van der Waals surface area (Å²) in [6.07, 6.45) is -1.45. The molecular weight excluding hydrogens is 348 g/mol. The fourth-order valence-electron chi connectivity index (χ4n) is 3.85. The maximum absolute atomic E-state index is 12.8. The second-order valence-corrected chi connectivity index (χ2v) is 6.71. The number of ether oxygens (including phenoxy) is 2. The van der Waals surface area contributed by atoms with Crippen molar-refractivity contribution in [2.24, 2.45) is 0 Å². The Labute approximate surface area is 156 Å². The van der Waals surface area contributed by atoms with Gasteiger partial charge in [-0.1, -0.05) is 48.5 Å². The number of hydrogen-bond donors (Lipinski definition) is 2. The number of carbonyl (C=O) groups is 2. The Morgan fingerprint density at radius 3 is 2.63 bits per heavy atom. The Kier molecular flexibility index (Phi) is 4.24. The SMILES string of the molecule is COC(=O)[C@@H]1C[C@]2(O)c3ccccc3N[C@@H]2N1C(=O)OCc1ccccc1. The first kappa shape index (κ1) is 17.4. The number of amides is 1. The lowest BCUT2D eigenvalue weighted by molar-refractivity contribution is -0.145. The van der Waals surface area contributed by atoms with E-state index >= 15 is 0 Å². The van der Waals surface area contributed by atoms with Crippen molar-refractivity contribution in [2.45, 2.75) is 30.8 Å². The zero-order valence-electron chi connectivity index (χ0n) is 14.8. The number of rotatable bonds is 3. The molecule has 1 amide bonds. The Hall–Kier alpha value is -3.06. The van der Waals surface area contributed by atoms with E-state index in [-0.39, 0.29) is 13.0 Å². The summed E-state index contributed by atoms with van der Waals surface area (Å²) in [6.45, 7) is 0.0716. The van der Waals surface area contributed by atoms with Crippen LogP contribution in [-0.4, -0.2) is 41.4 Å². The van der Waals surface area contributed by atoms with Crippen LogP contribution in [-0.2, 0) is 26.5 Å². The molecule has 3 atom stereocenters. The van der Waals surface area contributed by atoms with Crippen molar-refractivity contribution in [3.8, 4) is 0 Å². The fraction of sp³-hybridized carbons (Fsp3) is 0.300. The normalized spacial score (nSPS) is 25.3. The van der Waals surface area contributed by atoms with Crippen LogP contribution < -0.4 is 5.32 Å². The maximum atomic E-state index is 12.8. The molecule has 0 aliphatic carbocycles. The molecule has 2 N–H and O–H groups in total. The van der Waals surface area contributed by atoms with Gasteiger partial charge in [-0.15, -0.1) is 0 Å². The van der Waals surface area contributed by atoms with E-state index in [1.165, 1.54) is 12.0 Å². The van der Waals surface area contributed by atoms with Crippen molar-refractivity contribution in [2.75, 3.05) is 12.4 Å². The van der Waals surface area contributed by atoms with E-state index in [0.717, 1.165) is 11.3 Å². The van der Waals surface area contributed by atoms with Crippen molar-refractivity contribution in [3.63, 3.8) is 0 Å². The summed E-state index contributed by atoms with van der Waals surface area (Å²) in [4.78, 5) is 26.4. The number of para-hydroxylation sites is 1. The van der Waals surface area contributed by atoms with Crippen LogP contribution in [0.1, 0.15) is 17.5 Å². The topological polar surface area (TPSA) is 88.1 Å². The van der Waals surface area contributed by atoms with Crippen molar-refractivity contribution in [3.05, 3.63) is 65.7 Å². The molecule has 1 saturated heterocycles. The number of carbonyl (C=O) groups excluding carboxylic acids is 2. The third-order valence-corrected chi connectivity index (χ3v) is 5.15. The van der Waals surface area contributed by atoms with Crippen molar-refractivity contribution in [1.29, 1.82) is 0 Å². The summed E-state index contributed by atoms with van der Waals surface area (Å²) in [5.74, 6) is -0.589. The van der Waals surface area contributed by atoms with Gasteiger partial charge in [-0.2, -0.15) is 0 Å². The lowest BCUT2D eigenvalue weighted by atomic mass is 9.91. The minimum Gasteiger partial charge on any atom is -0.467 e. The van der Waals surface area contributed by atoms with Gasteiger partial charge in [0.25, 0.3) is 0 Å². The van der Waals surface area contributed by atoms with Crippen LogP contribution in [0.2, 0.25) is 0 Å². The molecule has 0 spiro atoms. The molecule has 0 saturated carbocycles. The molecule has 27 heavy (non-hydrogen) atoms. The molecular formula is C20H20N2O5. The minimum atomic E-state index is -1.39. The number of likely N-dealkylation sites (tertiary alicyclic amines) is 1. The number of anilines is 1. The minimum absolute atomic E-state index is 0.0365. The van der Waals surface area contributed by atoms with Gasteiger partial charge >= 0.3 is 12.1 Å². The zero-order valence-corrected chi connectivity index (χ0v) is 14.8. The highest BCUT2D eigenvalue weighted by Gasteiger charge is 2.61. The second kappa shape index (κ2) is 6.59. The second-order valence-electron chi connectivity index (χ2n) is 6.71. The summed E-state index contributed by atoms with van der Waals surface area (Å²) in [5.41, 5.74) is 0.829. The molecule has 0 bridgehead atoms. The highest BCUT2D eigenvalue weighted by molar-refractivity contribution is 5.84. The molecule has 140 valence electrons. The van der Waals surface area contributed by atoms with Crippen LogP contribution in [0.4, 0.5) is 10.5 Å². The van der Waals surface area contributed by atoms with Crippen LogP contribution in [0, 0.1) is 0 Å². The van der Waals surface area contributed by atoms with Crippen LogP contribution in [0.25, 0.3) is 0 Å². The number of nitrogens with zero attached hydrogens (tertiary/aromatic N) is 1. The zero-order chi connectivity index (χ0) is 19.0. The Balaban J connectivity index is 1.61. The number of benzene rings is 2. The first-order chi connectivity index (χ1) is 13.0. The average Bonchev–Trinajstić information content (AvgIpc) is 3.15. The van der Waals surface area contributed by atoms with E-state index in [4.69, 9.17) is 9.47 Å². The summed E-state index contributed by atoms with van der Waals surface area (Å²) in [7, 11) is 1.26. The lowest BCUT2D eigenvalue weighted by Crippen LogP contribution is -2.50. The van der Waals surface area contributed by atoms with Crippen molar-refractivity contribution < 1.29 is 24.2 Å². The van der Waals surface area contributed by atoms with E-state index in [1.54, 1.807) is 6.07 Å². The third-order valence-electron chi connectivity index (χ3n) is 5.15. The Bertz CT molecular complexity index is 872. The standard InChI is InChI=1S/C20H20N2O5/c1-26-17(23)16-11-20(25)14-9-5-6-10-15(14)21-18(20)22(16)19(24)27-12-13-7-3-2-4-8-13/h2-10,16,18,21,25H,11-12H2,1H3/t16-,18+,20-/m0/s1. The predicted octanol–water partition coefficient (Wildman–Crippen LogP) is 2.21. The van der Waals surface area contributed by atoms with Gasteiger partial charge in [0.15, 0.2) is 0 Å². The fourth-order valence-corrected chi connectivity index (χ4v) is 3.85. The van der Waals surface area contributed by atoms with Crippen LogP contribution in [0.3, 0.4) is 0 Å². The molecule has 1 fully saturated rings. The van der Waals surface area contributed by atoms with Gasteiger partial charge in [-0.3, -0.25) is 4.90 Å². The molecule has 2 aliphatic heterocycles. The third kappa shape index (κ3) is 2.80. The van der Waals surface area contributed by atoms with Gasteiger partial charge in [0, 0.05) is 17.7 Å². The van der Waals surface area contributed by atoms with Crippen LogP contribution in [0.5, 0.6) is 0 Å². The maximum Gasteiger partial charge on any atom is 0.412 e. The molecule has 4 rings (SSSR count). The van der Waals surface area contributed by atoms with Gasteiger partial charge < -0.3 is 19.9 Å². The molecule has 2 aromatic rings. The molecule has 7 nitrogen and oxygen atoms in total. The largest absolute Gasteiger partial charge is 0.467 e. The highest BCUT2D eigenvalue weighted by atomic mass is 16.6. The monoisotopic (exact) mass is 368 g/mol. The molecule has 0 radical (unpaired) electrons. The molecule has 2 heterocycles. The average molecular weight is 368 g/mol. The first-order valence-corrected chi connectivity index (χ1v) is 8.70. The van der Waals surface area contributed by atoms with E-state index in [9.17, 15) is 14.7 Å². The number of hydrogen-bond acceptors (Lipinski definition) is 6. The summed E-state index contributed by atoms with van der Waals surface area (Å²) in [5, 5.41) is 14.4. The predicted molar refractivity (Wildman–Crippen MR) is 96.6 cm³/mol. The van der Waals surface area contributed by atoms with Gasteiger partial charge in [0.1, 0.15) is 24.4 Å². The van der Waals surface area contributed by atoms with E-state index < -0.39 is 29.9 Å². The van der Waals surface area contributed by atoms with Crippen LogP contribution in [0.15, 0.2) is 54.6 Å². The quantitative estimate of drug-likeness (QED) is 0.808. The molecule has 0 aromatic heterocycles. The highest BCUT2D eigenvalue weighted by Crippen LogP contribution is 2.49. The van der Waals surface area contributed by atoms with Crippen molar-refractivity contribution in [1.82, 2.24) is 4.90 Å². The smallest absolute Gasteiger partial charge is 0.412 e. The summed E-state index contributed by atoms with van der Waals surface area (Å²) in [6, 6.07) is 15.6. The van der Waals surface area contributed by atoms with E-state index in [2.05, 4.69) is 5.32 Å². The number of esters is 1. The lowest BCUT2D eigenvalue weighted by Gasteiger charge is -2.29. The summed E-state index contributed by atoms with van der Waals surface area (Å²) >= 11 is 0.